The highest BCUT2D eigenvalue weighted by Gasteiger charge is 2.28. The largest absolute Gasteiger partial charge is 0.489 e. The number of fused-ring (bicyclic) bond motifs is 2. The van der Waals surface area contributed by atoms with Crippen molar-refractivity contribution in [2.45, 2.75) is 37.0 Å². The zero-order valence-corrected chi connectivity index (χ0v) is 27.4. The number of anilines is 1. The summed E-state index contributed by atoms with van der Waals surface area (Å²) in [5.41, 5.74) is 5.73. The molecule has 7 rings (SSSR count). The highest BCUT2D eigenvalue weighted by molar-refractivity contribution is 8.01. The van der Waals surface area contributed by atoms with Gasteiger partial charge in [-0.1, -0.05) is 78.5 Å². The number of rotatable bonds is 12. The standard InChI is InChI=1S/C40H32N2O6S/c1-25(43)37-32-21-31(47-23-27-7-3-2-4-8-27)19-20-34(32)42(35(37)24-48-30-17-15-29(16-18-30)40(45)46)22-26-11-13-28(14-12-26)38(44)39-41-33-9-5-6-10-36(33)49-39/h2-21,39,41H,22-24H2,1H3,(H,45,46). The van der Waals surface area contributed by atoms with Crippen LogP contribution in [0.5, 0.6) is 11.5 Å². The number of carboxylic acid groups (broad SMARTS) is 1. The Labute approximate surface area is 287 Å². The molecule has 244 valence electrons. The van der Waals surface area contributed by atoms with E-state index in [0.29, 0.717) is 41.5 Å². The number of hydrogen-bond acceptors (Lipinski definition) is 7. The number of ketones is 2. The SMILES string of the molecule is CC(=O)c1c(COc2ccc(C(=O)O)cc2)n(Cc2ccc(C(=O)C3Nc4ccccc4S3)cc2)c2ccc(OCc3ccccc3)cc12. The molecule has 0 amide bonds. The molecule has 0 aliphatic carbocycles. The van der Waals surface area contributed by atoms with Gasteiger partial charge in [-0.2, -0.15) is 0 Å². The van der Waals surface area contributed by atoms with Crippen LogP contribution < -0.4 is 14.8 Å². The fraction of sp³-hybridized carbons (Fsp3) is 0.125. The number of aromatic carboxylic acids is 1. The molecule has 0 saturated carbocycles. The van der Waals surface area contributed by atoms with Gasteiger partial charge in [0.25, 0.3) is 0 Å². The molecule has 0 bridgehead atoms. The first-order valence-corrected chi connectivity index (χ1v) is 16.7. The van der Waals surface area contributed by atoms with Crippen molar-refractivity contribution in [1.82, 2.24) is 4.57 Å². The van der Waals surface area contributed by atoms with E-state index in [1.165, 1.54) is 30.8 Å². The van der Waals surface area contributed by atoms with Crippen molar-refractivity contribution in [2.24, 2.45) is 0 Å². The number of hydrogen-bond donors (Lipinski definition) is 2. The van der Waals surface area contributed by atoms with Gasteiger partial charge in [0.1, 0.15) is 30.1 Å². The minimum Gasteiger partial charge on any atom is -0.489 e. The number of para-hydroxylation sites is 1. The highest BCUT2D eigenvalue weighted by atomic mass is 32.2. The third-order valence-electron chi connectivity index (χ3n) is 8.46. The van der Waals surface area contributed by atoms with Crippen molar-refractivity contribution in [3.63, 3.8) is 0 Å². The van der Waals surface area contributed by atoms with E-state index in [9.17, 15) is 19.5 Å². The number of thioether (sulfide) groups is 1. The van der Waals surface area contributed by atoms with Crippen LogP contribution in [0.2, 0.25) is 0 Å². The number of benzene rings is 5. The van der Waals surface area contributed by atoms with Gasteiger partial charge in [0, 0.05) is 39.2 Å². The van der Waals surface area contributed by atoms with Crippen molar-refractivity contribution < 1.29 is 29.0 Å². The van der Waals surface area contributed by atoms with E-state index in [4.69, 9.17) is 9.47 Å². The Morgan fingerprint density at radius 1 is 0.755 bits per heavy atom. The van der Waals surface area contributed by atoms with Crippen LogP contribution in [-0.4, -0.2) is 32.6 Å². The van der Waals surface area contributed by atoms with E-state index in [0.717, 1.165) is 32.6 Å². The number of carboxylic acids is 1. The molecule has 1 atom stereocenters. The second-order valence-corrected chi connectivity index (χ2v) is 12.9. The Bertz CT molecular complexity index is 2150. The van der Waals surface area contributed by atoms with Crippen molar-refractivity contribution in [3.05, 3.63) is 155 Å². The van der Waals surface area contributed by atoms with Crippen LogP contribution in [0.1, 0.15) is 54.8 Å². The van der Waals surface area contributed by atoms with Gasteiger partial charge in [0.05, 0.1) is 11.3 Å². The van der Waals surface area contributed by atoms with E-state index in [-0.39, 0.29) is 29.1 Å². The van der Waals surface area contributed by atoms with Crippen LogP contribution in [0.4, 0.5) is 5.69 Å². The summed E-state index contributed by atoms with van der Waals surface area (Å²) in [6, 6.07) is 37.2. The van der Waals surface area contributed by atoms with Crippen LogP contribution in [-0.2, 0) is 19.8 Å². The molecule has 9 heteroatoms. The lowest BCUT2D eigenvalue weighted by molar-refractivity contribution is 0.0696. The summed E-state index contributed by atoms with van der Waals surface area (Å²) < 4.78 is 14.3. The van der Waals surface area contributed by atoms with Gasteiger partial charge in [-0.05, 0) is 72.6 Å². The Morgan fingerprint density at radius 3 is 2.14 bits per heavy atom. The van der Waals surface area contributed by atoms with Crippen molar-refractivity contribution in [2.75, 3.05) is 5.32 Å². The minimum atomic E-state index is -1.02. The molecule has 1 aromatic heterocycles. The van der Waals surface area contributed by atoms with E-state index in [1.807, 2.05) is 97.1 Å². The topological polar surface area (TPSA) is 107 Å². The normalized spacial score (nSPS) is 13.4. The Hall–Kier alpha value is -5.80. The van der Waals surface area contributed by atoms with Gasteiger partial charge < -0.3 is 24.5 Å². The summed E-state index contributed by atoms with van der Waals surface area (Å²) in [5, 5.41) is 13.0. The van der Waals surface area contributed by atoms with Crippen molar-refractivity contribution in [3.8, 4) is 11.5 Å². The number of nitrogens with zero attached hydrogens (tertiary/aromatic N) is 1. The lowest BCUT2D eigenvalue weighted by Crippen LogP contribution is -2.22. The van der Waals surface area contributed by atoms with E-state index in [1.54, 1.807) is 12.1 Å². The fourth-order valence-corrected chi connectivity index (χ4v) is 7.09. The zero-order chi connectivity index (χ0) is 33.9. The van der Waals surface area contributed by atoms with Crippen LogP contribution in [0.15, 0.2) is 126 Å². The van der Waals surface area contributed by atoms with Crippen LogP contribution in [0.25, 0.3) is 10.9 Å². The third kappa shape index (κ3) is 6.79. The van der Waals surface area contributed by atoms with E-state index < -0.39 is 5.97 Å². The predicted molar refractivity (Wildman–Crippen MR) is 190 cm³/mol. The molecule has 49 heavy (non-hydrogen) atoms. The quantitative estimate of drug-likeness (QED) is 0.125. The Kier molecular flexibility index (Phi) is 8.91. The molecule has 0 radical (unpaired) electrons. The Morgan fingerprint density at radius 2 is 1.43 bits per heavy atom. The summed E-state index contributed by atoms with van der Waals surface area (Å²) in [5.74, 6) is -0.0222. The van der Waals surface area contributed by atoms with Crippen molar-refractivity contribution in [1.29, 1.82) is 0 Å². The fourth-order valence-electron chi connectivity index (χ4n) is 6.00. The summed E-state index contributed by atoms with van der Waals surface area (Å²) in [6.45, 7) is 2.41. The number of carbonyl (C=O) groups excluding carboxylic acids is 2. The molecule has 0 saturated heterocycles. The molecule has 1 aliphatic rings. The minimum absolute atomic E-state index is 0.00377. The lowest BCUT2D eigenvalue weighted by Gasteiger charge is -2.14. The molecular weight excluding hydrogens is 637 g/mol. The first-order valence-electron chi connectivity index (χ1n) is 15.8. The van der Waals surface area contributed by atoms with Gasteiger partial charge in [-0.25, -0.2) is 4.79 Å². The second-order valence-electron chi connectivity index (χ2n) is 11.7. The molecule has 1 aliphatic heterocycles. The summed E-state index contributed by atoms with van der Waals surface area (Å²) in [4.78, 5) is 39.0. The molecular formula is C40H32N2O6S. The van der Waals surface area contributed by atoms with E-state index in [2.05, 4.69) is 9.88 Å². The van der Waals surface area contributed by atoms with Crippen LogP contribution in [0, 0.1) is 0 Å². The molecule has 0 fully saturated rings. The number of carbonyl (C=O) groups is 3. The maximum absolute atomic E-state index is 13.4. The summed E-state index contributed by atoms with van der Waals surface area (Å²) >= 11 is 1.51. The molecule has 8 nitrogen and oxygen atoms in total. The summed E-state index contributed by atoms with van der Waals surface area (Å²) in [7, 11) is 0. The first kappa shape index (κ1) is 31.8. The number of nitrogens with one attached hydrogen (secondary N) is 1. The van der Waals surface area contributed by atoms with Gasteiger partial charge in [-0.3, -0.25) is 9.59 Å². The monoisotopic (exact) mass is 668 g/mol. The number of ether oxygens (including phenoxy) is 2. The van der Waals surface area contributed by atoms with Gasteiger partial charge >= 0.3 is 5.97 Å². The highest BCUT2D eigenvalue weighted by Crippen LogP contribution is 2.39. The molecule has 6 aromatic rings. The van der Waals surface area contributed by atoms with E-state index >= 15 is 0 Å². The molecule has 2 N–H and O–H groups in total. The van der Waals surface area contributed by atoms with Gasteiger partial charge in [-0.15, -0.1) is 0 Å². The van der Waals surface area contributed by atoms with Crippen LogP contribution in [0.3, 0.4) is 0 Å². The smallest absolute Gasteiger partial charge is 0.335 e. The molecule has 1 unspecified atom stereocenters. The molecule has 2 heterocycles. The lowest BCUT2D eigenvalue weighted by atomic mass is 10.1. The van der Waals surface area contributed by atoms with Crippen LogP contribution >= 0.6 is 11.8 Å². The third-order valence-corrected chi connectivity index (χ3v) is 9.63. The average Bonchev–Trinajstić information content (AvgIpc) is 3.69. The second kappa shape index (κ2) is 13.7. The maximum atomic E-state index is 13.4. The first-order chi connectivity index (χ1) is 23.8. The van der Waals surface area contributed by atoms with Crippen molar-refractivity contribution >= 4 is 45.9 Å². The Balaban J connectivity index is 1.19. The number of Topliss-reactive ketones (excluding diaryl/α,β-unsaturated/α-hetero) is 2. The molecule has 5 aromatic carbocycles. The zero-order valence-electron chi connectivity index (χ0n) is 26.6. The predicted octanol–water partition coefficient (Wildman–Crippen LogP) is 8.48. The van der Waals surface area contributed by atoms with Gasteiger partial charge in [0.15, 0.2) is 11.6 Å². The number of aromatic nitrogens is 1. The summed E-state index contributed by atoms with van der Waals surface area (Å²) in [6.07, 6.45) is 0. The maximum Gasteiger partial charge on any atom is 0.335 e. The average molecular weight is 669 g/mol. The van der Waals surface area contributed by atoms with Gasteiger partial charge in [0.2, 0.25) is 0 Å². The molecule has 0 spiro atoms.